The number of carbonyl (C=O) groups is 1. The highest BCUT2D eigenvalue weighted by atomic mass is 32.1. The van der Waals surface area contributed by atoms with E-state index in [9.17, 15) is 15.0 Å². The van der Waals surface area contributed by atoms with E-state index in [4.69, 9.17) is 5.73 Å². The Hall–Kier alpha value is -1.82. The van der Waals surface area contributed by atoms with Gasteiger partial charge in [-0.05, 0) is 17.7 Å². The van der Waals surface area contributed by atoms with Gasteiger partial charge in [0.25, 0.3) is 0 Å². The molecule has 0 saturated heterocycles. The summed E-state index contributed by atoms with van der Waals surface area (Å²) in [5.41, 5.74) is 7.45. The Morgan fingerprint density at radius 2 is 1.81 bits per heavy atom. The molecule has 2 aromatic carbocycles. The molecule has 0 aliphatic rings. The molecule has 0 bridgehead atoms. The van der Waals surface area contributed by atoms with Gasteiger partial charge in [-0.25, -0.2) is 0 Å². The fourth-order valence-electron chi connectivity index (χ4n) is 2.02. The molecular weight excluding hydrogens is 286 g/mol. The van der Waals surface area contributed by atoms with E-state index in [0.717, 1.165) is 0 Å². The van der Waals surface area contributed by atoms with Crippen molar-refractivity contribution in [2.75, 3.05) is 11.5 Å². The van der Waals surface area contributed by atoms with Crippen LogP contribution in [0.3, 0.4) is 0 Å². The zero-order valence-corrected chi connectivity index (χ0v) is 12.2. The first kappa shape index (κ1) is 15.6. The summed E-state index contributed by atoms with van der Waals surface area (Å²) in [6.45, 7) is 0. The Balaban J connectivity index is 2.38. The highest BCUT2D eigenvalue weighted by molar-refractivity contribution is 7.80. The van der Waals surface area contributed by atoms with E-state index in [0.29, 0.717) is 22.4 Å². The second kappa shape index (κ2) is 6.76. The zero-order chi connectivity index (χ0) is 15.4. The van der Waals surface area contributed by atoms with E-state index < -0.39 is 12.2 Å². The molecule has 2 unspecified atom stereocenters. The van der Waals surface area contributed by atoms with Crippen molar-refractivity contribution in [1.82, 2.24) is 0 Å². The van der Waals surface area contributed by atoms with Crippen molar-refractivity contribution in [2.24, 2.45) is 0 Å². The molecule has 0 aliphatic carbocycles. The van der Waals surface area contributed by atoms with Crippen LogP contribution >= 0.6 is 12.6 Å². The minimum atomic E-state index is -1.11. The molecule has 21 heavy (non-hydrogen) atoms. The Kier molecular flexibility index (Phi) is 5.01. The zero-order valence-electron chi connectivity index (χ0n) is 11.3. The van der Waals surface area contributed by atoms with Gasteiger partial charge in [0, 0.05) is 22.6 Å². The van der Waals surface area contributed by atoms with Crippen molar-refractivity contribution in [3.05, 3.63) is 65.2 Å². The summed E-state index contributed by atoms with van der Waals surface area (Å²) in [5.74, 6) is -0.101. The highest BCUT2D eigenvalue weighted by Crippen LogP contribution is 2.24. The number of hydrogen-bond acceptors (Lipinski definition) is 5. The minimum Gasteiger partial charge on any atom is -0.398 e. The summed E-state index contributed by atoms with van der Waals surface area (Å²) in [7, 11) is 0. The largest absolute Gasteiger partial charge is 0.398 e. The van der Waals surface area contributed by atoms with Crippen LogP contribution in [0.25, 0.3) is 0 Å². The van der Waals surface area contributed by atoms with E-state index in [1.807, 2.05) is 6.07 Å². The van der Waals surface area contributed by atoms with Crippen LogP contribution in [-0.4, -0.2) is 27.9 Å². The first-order chi connectivity index (χ1) is 10.0. The Morgan fingerprint density at radius 1 is 1.14 bits per heavy atom. The van der Waals surface area contributed by atoms with Gasteiger partial charge in [-0.15, -0.1) is 0 Å². The van der Waals surface area contributed by atoms with E-state index in [1.54, 1.807) is 36.4 Å². The van der Waals surface area contributed by atoms with Crippen LogP contribution in [0.15, 0.2) is 48.5 Å². The van der Waals surface area contributed by atoms with E-state index in [1.165, 1.54) is 6.07 Å². The number of aliphatic hydroxyl groups excluding tert-OH is 2. The van der Waals surface area contributed by atoms with Crippen molar-refractivity contribution in [1.29, 1.82) is 0 Å². The number of aliphatic hydroxyl groups is 2. The molecule has 0 heterocycles. The number of ketones is 1. The highest BCUT2D eigenvalue weighted by Gasteiger charge is 2.20. The Morgan fingerprint density at radius 3 is 2.43 bits per heavy atom. The topological polar surface area (TPSA) is 83.6 Å². The summed E-state index contributed by atoms with van der Waals surface area (Å²) in [5, 5.41) is 19.7. The molecular formula is C16H17NO3S. The number of thiol groups is 1. The minimum absolute atomic E-state index is 0.119. The van der Waals surface area contributed by atoms with E-state index in [-0.39, 0.29) is 11.5 Å². The Bertz CT molecular complexity index is 631. The Labute approximate surface area is 128 Å². The molecule has 2 atom stereocenters. The average molecular weight is 303 g/mol. The van der Waals surface area contributed by atoms with Crippen molar-refractivity contribution in [2.45, 2.75) is 12.2 Å². The van der Waals surface area contributed by atoms with E-state index in [2.05, 4.69) is 12.6 Å². The van der Waals surface area contributed by atoms with Crippen molar-refractivity contribution in [3.63, 3.8) is 0 Å². The molecule has 0 amide bonds. The van der Waals surface area contributed by atoms with E-state index >= 15 is 0 Å². The number of benzene rings is 2. The summed E-state index contributed by atoms with van der Waals surface area (Å²) in [6.07, 6.45) is -2.11. The molecule has 110 valence electrons. The van der Waals surface area contributed by atoms with Crippen LogP contribution in [0.5, 0.6) is 0 Å². The monoisotopic (exact) mass is 303 g/mol. The fourth-order valence-corrected chi connectivity index (χ4v) is 2.22. The summed E-state index contributed by atoms with van der Waals surface area (Å²) < 4.78 is 0. The molecule has 0 aliphatic heterocycles. The molecule has 2 rings (SSSR count). The number of carbonyl (C=O) groups excluding carboxylic acids is 1. The second-order valence-electron chi connectivity index (χ2n) is 4.74. The van der Waals surface area contributed by atoms with Crippen LogP contribution in [0.4, 0.5) is 5.69 Å². The lowest BCUT2D eigenvalue weighted by Crippen LogP contribution is -2.20. The summed E-state index contributed by atoms with van der Waals surface area (Å²) in [6, 6.07) is 13.4. The second-order valence-corrected chi connectivity index (χ2v) is 5.10. The molecule has 4 N–H and O–H groups in total. The first-order valence-electron chi connectivity index (χ1n) is 6.50. The molecule has 2 aromatic rings. The lowest BCUT2D eigenvalue weighted by Gasteiger charge is -2.17. The quantitative estimate of drug-likeness (QED) is 0.386. The molecule has 4 nitrogen and oxygen atoms in total. The molecule has 0 radical (unpaired) electrons. The van der Waals surface area contributed by atoms with Crippen molar-refractivity contribution < 1.29 is 15.0 Å². The van der Waals surface area contributed by atoms with Gasteiger partial charge in [0.15, 0.2) is 5.78 Å². The van der Waals surface area contributed by atoms with Gasteiger partial charge in [0.2, 0.25) is 0 Å². The lowest BCUT2D eigenvalue weighted by atomic mass is 9.96. The summed E-state index contributed by atoms with van der Waals surface area (Å²) >= 11 is 3.95. The third-order valence-electron chi connectivity index (χ3n) is 3.25. The molecule has 0 saturated carbocycles. The van der Waals surface area contributed by atoms with Crippen LogP contribution in [0, 0.1) is 0 Å². The average Bonchev–Trinajstić information content (AvgIpc) is 2.54. The maximum absolute atomic E-state index is 12.4. The van der Waals surface area contributed by atoms with Crippen molar-refractivity contribution >= 4 is 24.1 Å². The third-order valence-corrected chi connectivity index (χ3v) is 3.63. The summed E-state index contributed by atoms with van der Waals surface area (Å²) in [4.78, 5) is 12.4. The molecule has 5 heteroatoms. The van der Waals surface area contributed by atoms with Gasteiger partial charge >= 0.3 is 0 Å². The van der Waals surface area contributed by atoms with Crippen LogP contribution in [0.2, 0.25) is 0 Å². The number of nitrogens with two attached hydrogens (primary N) is 1. The van der Waals surface area contributed by atoms with Gasteiger partial charge in [-0.3, -0.25) is 4.79 Å². The fraction of sp³-hybridized carbons (Fsp3) is 0.188. The number of hydrogen-bond donors (Lipinski definition) is 4. The standard InChI is InChI=1S/C16H17NO3S/c17-13-7-6-11(16(20)14(18)9-21)8-12(13)15(19)10-4-2-1-3-5-10/h1-8,14,16,18,20-21H,9,17H2. The lowest BCUT2D eigenvalue weighted by molar-refractivity contribution is 0.0337. The normalized spacial score (nSPS) is 13.7. The molecule has 0 spiro atoms. The van der Waals surface area contributed by atoms with Gasteiger partial charge < -0.3 is 15.9 Å². The molecule has 0 fully saturated rings. The van der Waals surface area contributed by atoms with Gasteiger partial charge in [0.1, 0.15) is 6.10 Å². The van der Waals surface area contributed by atoms with Crippen molar-refractivity contribution in [3.8, 4) is 0 Å². The number of anilines is 1. The van der Waals surface area contributed by atoms with Gasteiger partial charge in [0.05, 0.1) is 6.10 Å². The first-order valence-corrected chi connectivity index (χ1v) is 7.14. The molecule has 0 aromatic heterocycles. The van der Waals surface area contributed by atoms with Crippen LogP contribution < -0.4 is 5.73 Å². The SMILES string of the molecule is Nc1ccc(C(O)C(O)CS)cc1C(=O)c1ccccc1. The third kappa shape index (κ3) is 3.44. The van der Waals surface area contributed by atoms with Gasteiger partial charge in [-0.2, -0.15) is 12.6 Å². The maximum atomic E-state index is 12.4. The van der Waals surface area contributed by atoms with Crippen LogP contribution in [-0.2, 0) is 0 Å². The van der Waals surface area contributed by atoms with Crippen LogP contribution in [0.1, 0.15) is 27.6 Å². The predicted octanol–water partition coefficient (Wildman–Crippen LogP) is 1.82. The maximum Gasteiger partial charge on any atom is 0.195 e. The number of nitrogen functional groups attached to an aromatic ring is 1. The van der Waals surface area contributed by atoms with Gasteiger partial charge in [-0.1, -0.05) is 36.4 Å². The predicted molar refractivity (Wildman–Crippen MR) is 85.5 cm³/mol. The number of rotatable bonds is 5. The smallest absolute Gasteiger partial charge is 0.195 e.